The molecule has 13 heavy (non-hydrogen) atoms. The zero-order valence-electron chi connectivity index (χ0n) is 7.26. The minimum Gasteiger partial charge on any atom is -0.297 e. The van der Waals surface area contributed by atoms with E-state index in [4.69, 9.17) is 0 Å². The van der Waals surface area contributed by atoms with E-state index in [1.165, 1.54) is 0 Å². The minimum absolute atomic E-state index is 0.0934. The molecule has 0 N–H and O–H groups in total. The molecule has 6 heteroatoms. The molecule has 0 aliphatic carbocycles. The topological polar surface area (TPSA) is 23.6 Å². The van der Waals surface area contributed by atoms with Gasteiger partial charge in [-0.2, -0.15) is 13.2 Å². The zero-order valence-corrected chi connectivity index (χ0v) is 7.26. The highest BCUT2D eigenvalue weighted by Gasteiger charge is 2.33. The van der Waals surface area contributed by atoms with E-state index in [9.17, 15) is 18.0 Å². The Bertz CT molecular complexity index is 204. The second-order valence-corrected chi connectivity index (χ2v) is 3.30. The normalized spacial score (nSPS) is 22.3. The molecule has 0 unspecified atom stereocenters. The van der Waals surface area contributed by atoms with Crippen LogP contribution < -0.4 is 0 Å². The SMILES string of the molecule is CN1CC(=O)CN(CC(F)(F)F)C1. The third kappa shape index (κ3) is 3.73. The number of Topliss-reactive ketones (excluding diaryl/α,β-unsaturated/α-hetero) is 1. The molecule has 0 atom stereocenters. The van der Waals surface area contributed by atoms with Crippen LogP contribution in [0, 0.1) is 0 Å². The number of ketones is 1. The lowest BCUT2D eigenvalue weighted by Gasteiger charge is -2.32. The maximum atomic E-state index is 11.9. The molecular formula is C7H11F3N2O. The van der Waals surface area contributed by atoms with Crippen molar-refractivity contribution in [1.29, 1.82) is 0 Å². The van der Waals surface area contributed by atoms with Gasteiger partial charge in [0.2, 0.25) is 0 Å². The number of likely N-dealkylation sites (N-methyl/N-ethyl adjacent to an activating group) is 1. The molecule has 0 aromatic carbocycles. The number of halogens is 3. The average Bonchev–Trinajstić information content (AvgIpc) is 1.78. The third-order valence-corrected chi connectivity index (χ3v) is 1.69. The maximum absolute atomic E-state index is 11.9. The maximum Gasteiger partial charge on any atom is 0.401 e. The predicted molar refractivity (Wildman–Crippen MR) is 40.1 cm³/mol. The summed E-state index contributed by atoms with van der Waals surface area (Å²) in [6.45, 7) is -0.660. The number of carbonyl (C=O) groups is 1. The van der Waals surface area contributed by atoms with Crippen LogP contribution in [0.15, 0.2) is 0 Å². The Morgan fingerprint density at radius 2 is 2.00 bits per heavy atom. The largest absolute Gasteiger partial charge is 0.401 e. The average molecular weight is 196 g/mol. The van der Waals surface area contributed by atoms with Crippen LogP contribution in [-0.4, -0.2) is 55.1 Å². The molecule has 1 fully saturated rings. The Balaban J connectivity index is 2.46. The fraction of sp³-hybridized carbons (Fsp3) is 0.857. The molecule has 0 bridgehead atoms. The summed E-state index contributed by atoms with van der Waals surface area (Å²) < 4.78 is 35.8. The van der Waals surface area contributed by atoms with Crippen molar-refractivity contribution >= 4 is 5.78 Å². The summed E-state index contributed by atoms with van der Waals surface area (Å²) in [5.74, 6) is -0.169. The molecule has 0 amide bonds. The van der Waals surface area contributed by atoms with Crippen LogP contribution in [0.3, 0.4) is 0 Å². The lowest BCUT2D eigenvalue weighted by Crippen LogP contribution is -2.51. The zero-order chi connectivity index (χ0) is 10.1. The second kappa shape index (κ2) is 3.63. The molecule has 0 radical (unpaired) electrons. The van der Waals surface area contributed by atoms with E-state index in [1.807, 2.05) is 0 Å². The summed E-state index contributed by atoms with van der Waals surface area (Å²) in [6.07, 6.45) is -4.22. The fourth-order valence-electron chi connectivity index (χ4n) is 1.40. The Kier molecular flexibility index (Phi) is 2.92. The Labute approximate surface area is 74.1 Å². The number of carbonyl (C=O) groups excluding carboxylic acids is 1. The molecule has 1 aliphatic heterocycles. The highest BCUT2D eigenvalue weighted by Crippen LogP contribution is 2.17. The molecule has 0 aromatic rings. The summed E-state index contributed by atoms with van der Waals surface area (Å²) in [5.41, 5.74) is 0. The lowest BCUT2D eigenvalue weighted by molar-refractivity contribution is -0.156. The van der Waals surface area contributed by atoms with E-state index >= 15 is 0 Å². The van der Waals surface area contributed by atoms with Gasteiger partial charge in [0, 0.05) is 0 Å². The van der Waals surface area contributed by atoms with Gasteiger partial charge in [0.05, 0.1) is 26.3 Å². The molecule has 0 spiro atoms. The monoisotopic (exact) mass is 196 g/mol. The number of hydrogen-bond acceptors (Lipinski definition) is 3. The van der Waals surface area contributed by atoms with Crippen molar-refractivity contribution in [2.45, 2.75) is 6.18 Å². The van der Waals surface area contributed by atoms with Gasteiger partial charge in [-0.1, -0.05) is 0 Å². The standard InChI is InChI=1S/C7H11F3N2O/c1-11-2-6(13)3-12(5-11)4-7(8,9)10/h2-5H2,1H3. The molecule has 3 nitrogen and oxygen atoms in total. The number of rotatable bonds is 1. The van der Waals surface area contributed by atoms with Crippen LogP contribution in [0.25, 0.3) is 0 Å². The molecule has 76 valence electrons. The highest BCUT2D eigenvalue weighted by molar-refractivity contribution is 5.83. The first-order valence-electron chi connectivity index (χ1n) is 3.86. The van der Waals surface area contributed by atoms with Crippen LogP contribution in [0.2, 0.25) is 0 Å². The van der Waals surface area contributed by atoms with Crippen LogP contribution in [0.1, 0.15) is 0 Å². The molecule has 1 rings (SSSR count). The van der Waals surface area contributed by atoms with Crippen LogP contribution in [-0.2, 0) is 4.79 Å². The van der Waals surface area contributed by atoms with Gasteiger partial charge >= 0.3 is 6.18 Å². The Morgan fingerprint density at radius 3 is 2.46 bits per heavy atom. The summed E-state index contributed by atoms with van der Waals surface area (Å²) in [5, 5.41) is 0. The quantitative estimate of drug-likeness (QED) is 0.603. The summed E-state index contributed by atoms with van der Waals surface area (Å²) in [4.78, 5) is 13.6. The van der Waals surface area contributed by atoms with Gasteiger partial charge in [0.15, 0.2) is 5.78 Å². The second-order valence-electron chi connectivity index (χ2n) is 3.30. The summed E-state index contributed by atoms with van der Waals surface area (Å²) >= 11 is 0. The first-order valence-corrected chi connectivity index (χ1v) is 3.86. The van der Waals surface area contributed by atoms with E-state index in [-0.39, 0.29) is 25.5 Å². The van der Waals surface area contributed by atoms with E-state index in [0.29, 0.717) is 0 Å². The minimum atomic E-state index is -4.22. The van der Waals surface area contributed by atoms with Crippen LogP contribution >= 0.6 is 0 Å². The molecular weight excluding hydrogens is 185 g/mol. The van der Waals surface area contributed by atoms with Crippen molar-refractivity contribution in [2.24, 2.45) is 0 Å². The van der Waals surface area contributed by atoms with Gasteiger partial charge in [-0.25, -0.2) is 0 Å². The van der Waals surface area contributed by atoms with Crippen LogP contribution in [0.4, 0.5) is 13.2 Å². The van der Waals surface area contributed by atoms with E-state index in [0.717, 1.165) is 4.90 Å². The van der Waals surface area contributed by atoms with Crippen molar-refractivity contribution in [3.63, 3.8) is 0 Å². The molecule has 1 heterocycles. The molecule has 0 saturated carbocycles. The van der Waals surface area contributed by atoms with E-state index in [2.05, 4.69) is 0 Å². The molecule has 1 aliphatic rings. The number of nitrogens with zero attached hydrogens (tertiary/aromatic N) is 2. The van der Waals surface area contributed by atoms with E-state index < -0.39 is 12.7 Å². The fourth-order valence-corrected chi connectivity index (χ4v) is 1.40. The first kappa shape index (κ1) is 10.5. The van der Waals surface area contributed by atoms with Gasteiger partial charge in [0.25, 0.3) is 0 Å². The Hall–Kier alpha value is -0.620. The van der Waals surface area contributed by atoms with Crippen molar-refractivity contribution < 1.29 is 18.0 Å². The van der Waals surface area contributed by atoms with Gasteiger partial charge in [0.1, 0.15) is 0 Å². The van der Waals surface area contributed by atoms with Crippen molar-refractivity contribution in [2.75, 3.05) is 33.4 Å². The van der Waals surface area contributed by atoms with Gasteiger partial charge in [-0.15, -0.1) is 0 Å². The predicted octanol–water partition coefficient (Wildman–Crippen LogP) is 0.323. The van der Waals surface area contributed by atoms with Gasteiger partial charge in [-0.3, -0.25) is 14.6 Å². The van der Waals surface area contributed by atoms with Crippen molar-refractivity contribution in [3.8, 4) is 0 Å². The van der Waals surface area contributed by atoms with Gasteiger partial charge in [-0.05, 0) is 7.05 Å². The third-order valence-electron chi connectivity index (χ3n) is 1.69. The van der Waals surface area contributed by atoms with Gasteiger partial charge < -0.3 is 0 Å². The van der Waals surface area contributed by atoms with Crippen LogP contribution in [0.5, 0.6) is 0 Å². The molecule has 1 saturated heterocycles. The number of alkyl halides is 3. The highest BCUT2D eigenvalue weighted by atomic mass is 19.4. The van der Waals surface area contributed by atoms with E-state index in [1.54, 1.807) is 11.9 Å². The summed E-state index contributed by atoms with van der Waals surface area (Å²) in [7, 11) is 1.63. The number of hydrogen-bond donors (Lipinski definition) is 0. The Morgan fingerprint density at radius 1 is 1.38 bits per heavy atom. The van der Waals surface area contributed by atoms with Crippen molar-refractivity contribution in [1.82, 2.24) is 9.80 Å². The molecule has 0 aromatic heterocycles. The smallest absolute Gasteiger partial charge is 0.297 e. The first-order chi connectivity index (χ1) is 5.87. The van der Waals surface area contributed by atoms with Crippen molar-refractivity contribution in [3.05, 3.63) is 0 Å². The lowest BCUT2D eigenvalue weighted by atomic mass is 10.3. The summed E-state index contributed by atoms with van der Waals surface area (Å²) in [6, 6.07) is 0.